The van der Waals surface area contributed by atoms with Gasteiger partial charge in [-0.1, -0.05) is 31.2 Å². The molecule has 6 heteroatoms. The molecule has 1 N–H and O–H groups in total. The lowest BCUT2D eigenvalue weighted by molar-refractivity contribution is 0.151. The van der Waals surface area contributed by atoms with Crippen LogP contribution in [0, 0.1) is 25.7 Å². The molecule has 0 bridgehead atoms. The van der Waals surface area contributed by atoms with Gasteiger partial charge in [-0.15, -0.1) is 0 Å². The van der Waals surface area contributed by atoms with Gasteiger partial charge in [-0.3, -0.25) is 4.90 Å². The Bertz CT molecular complexity index is 889. The van der Waals surface area contributed by atoms with Crippen molar-refractivity contribution in [1.29, 1.82) is 0 Å². The molecule has 29 heavy (non-hydrogen) atoms. The summed E-state index contributed by atoms with van der Waals surface area (Å²) in [7, 11) is 3.70. The normalized spacial score (nSPS) is 24.2. The molecule has 1 aromatic heterocycles. The third kappa shape index (κ3) is 3.66. The van der Waals surface area contributed by atoms with Crippen molar-refractivity contribution in [2.45, 2.75) is 39.8 Å². The molecular weight excluding hydrogens is 362 g/mol. The van der Waals surface area contributed by atoms with E-state index in [-0.39, 0.29) is 12.1 Å². The van der Waals surface area contributed by atoms with Crippen molar-refractivity contribution in [2.75, 3.05) is 33.7 Å². The maximum atomic E-state index is 12.9. The lowest BCUT2D eigenvalue weighted by Gasteiger charge is -2.32. The first-order valence-electron chi connectivity index (χ1n) is 10.7. The highest BCUT2D eigenvalue weighted by Gasteiger charge is 2.49. The Kier molecular flexibility index (Phi) is 5.38. The van der Waals surface area contributed by atoms with E-state index in [4.69, 9.17) is 4.98 Å². The van der Waals surface area contributed by atoms with E-state index < -0.39 is 0 Å². The fourth-order valence-corrected chi connectivity index (χ4v) is 5.13. The van der Waals surface area contributed by atoms with E-state index in [0.717, 1.165) is 44.1 Å². The number of hydrogen-bond donors (Lipinski definition) is 1. The summed E-state index contributed by atoms with van der Waals surface area (Å²) in [5, 5.41) is 0. The van der Waals surface area contributed by atoms with E-state index in [2.05, 4.69) is 59.8 Å². The quantitative estimate of drug-likeness (QED) is 0.864. The largest absolute Gasteiger partial charge is 0.346 e. The summed E-state index contributed by atoms with van der Waals surface area (Å²) < 4.78 is 0. The molecule has 0 aliphatic carbocycles. The van der Waals surface area contributed by atoms with Crippen LogP contribution >= 0.6 is 0 Å². The van der Waals surface area contributed by atoms with E-state index in [1.807, 2.05) is 14.1 Å². The Morgan fingerprint density at radius 3 is 2.62 bits per heavy atom. The summed E-state index contributed by atoms with van der Waals surface area (Å²) >= 11 is 0. The van der Waals surface area contributed by atoms with Gasteiger partial charge in [0.05, 0.1) is 11.7 Å². The van der Waals surface area contributed by atoms with Gasteiger partial charge in [0.2, 0.25) is 0 Å². The summed E-state index contributed by atoms with van der Waals surface area (Å²) in [6.45, 7) is 10.2. The second-order valence-electron chi connectivity index (χ2n) is 8.86. The average molecular weight is 396 g/mol. The number of amides is 2. The number of urea groups is 1. The third-order valence-electron chi connectivity index (χ3n) is 6.62. The van der Waals surface area contributed by atoms with Crippen LogP contribution in [-0.2, 0) is 13.0 Å². The minimum atomic E-state index is 0.120. The van der Waals surface area contributed by atoms with Gasteiger partial charge in [0.1, 0.15) is 5.82 Å². The Balaban J connectivity index is 1.58. The van der Waals surface area contributed by atoms with Crippen LogP contribution in [0.5, 0.6) is 0 Å². The van der Waals surface area contributed by atoms with Gasteiger partial charge in [-0.25, -0.2) is 9.78 Å². The summed E-state index contributed by atoms with van der Waals surface area (Å²) in [5.41, 5.74) is 4.90. The summed E-state index contributed by atoms with van der Waals surface area (Å²) in [6, 6.07) is 8.80. The van der Waals surface area contributed by atoms with Crippen LogP contribution in [-0.4, -0.2) is 64.4 Å². The van der Waals surface area contributed by atoms with Crippen LogP contribution in [0.2, 0.25) is 0 Å². The van der Waals surface area contributed by atoms with E-state index in [0.29, 0.717) is 11.8 Å². The molecule has 3 atom stereocenters. The summed E-state index contributed by atoms with van der Waals surface area (Å²) in [5.74, 6) is 2.04. The first kappa shape index (κ1) is 20.0. The molecule has 2 fully saturated rings. The van der Waals surface area contributed by atoms with Crippen molar-refractivity contribution < 1.29 is 4.79 Å². The van der Waals surface area contributed by atoms with Crippen LogP contribution in [0.3, 0.4) is 0 Å². The predicted molar refractivity (Wildman–Crippen MR) is 115 cm³/mol. The molecule has 2 aliphatic rings. The maximum absolute atomic E-state index is 12.9. The SMILES string of the molecule is CCc1nc(CN2C[C@@H]3CN(C(=O)N(C)C)[C@@H](c4ccccc4C)[C@@H]3C2)c(C)[nH]1. The Labute approximate surface area is 173 Å². The fourth-order valence-electron chi connectivity index (χ4n) is 5.13. The number of aromatic nitrogens is 2. The van der Waals surface area contributed by atoms with Crippen molar-refractivity contribution >= 4 is 6.03 Å². The van der Waals surface area contributed by atoms with Crippen LogP contribution in [0.15, 0.2) is 24.3 Å². The maximum Gasteiger partial charge on any atom is 0.320 e. The minimum absolute atomic E-state index is 0.120. The van der Waals surface area contributed by atoms with Gasteiger partial charge < -0.3 is 14.8 Å². The van der Waals surface area contributed by atoms with Crippen molar-refractivity contribution in [3.05, 3.63) is 52.6 Å². The van der Waals surface area contributed by atoms with Crippen LogP contribution in [0.1, 0.15) is 41.3 Å². The Morgan fingerprint density at radius 1 is 1.21 bits per heavy atom. The number of hydrogen-bond acceptors (Lipinski definition) is 3. The molecular formula is C23H33N5O. The zero-order valence-electron chi connectivity index (χ0n) is 18.3. The molecule has 3 heterocycles. The predicted octanol–water partition coefficient (Wildman–Crippen LogP) is 3.38. The second-order valence-corrected chi connectivity index (χ2v) is 8.86. The molecule has 0 radical (unpaired) electrons. The molecule has 0 spiro atoms. The monoisotopic (exact) mass is 395 g/mol. The van der Waals surface area contributed by atoms with Crippen molar-refractivity contribution in [1.82, 2.24) is 24.7 Å². The number of aryl methyl sites for hydroxylation is 3. The highest BCUT2D eigenvalue weighted by Crippen LogP contribution is 2.46. The molecule has 0 saturated carbocycles. The smallest absolute Gasteiger partial charge is 0.320 e. The van der Waals surface area contributed by atoms with E-state index in [9.17, 15) is 4.79 Å². The molecule has 2 saturated heterocycles. The van der Waals surface area contributed by atoms with Crippen LogP contribution in [0.4, 0.5) is 4.79 Å². The van der Waals surface area contributed by atoms with Crippen molar-refractivity contribution in [2.24, 2.45) is 11.8 Å². The first-order valence-corrected chi connectivity index (χ1v) is 10.7. The Morgan fingerprint density at radius 2 is 1.97 bits per heavy atom. The number of nitrogens with zero attached hydrogens (tertiary/aromatic N) is 4. The topological polar surface area (TPSA) is 55.5 Å². The molecule has 2 amide bonds. The molecule has 1 aromatic carbocycles. The highest BCUT2D eigenvalue weighted by atomic mass is 16.2. The van der Waals surface area contributed by atoms with Crippen LogP contribution < -0.4 is 0 Å². The van der Waals surface area contributed by atoms with Gasteiger partial charge in [-0.05, 0) is 30.9 Å². The lowest BCUT2D eigenvalue weighted by Crippen LogP contribution is -2.41. The fraction of sp³-hybridized carbons (Fsp3) is 0.565. The lowest BCUT2D eigenvalue weighted by atomic mass is 9.88. The minimum Gasteiger partial charge on any atom is -0.346 e. The van der Waals surface area contributed by atoms with E-state index in [1.54, 1.807) is 4.90 Å². The van der Waals surface area contributed by atoms with Gasteiger partial charge in [-0.2, -0.15) is 0 Å². The standard InChI is InChI=1S/C23H33N5O/c1-6-21-24-16(3)20(25-21)14-27-11-17-12-28(23(29)26(4)5)22(19(17)13-27)18-10-8-7-9-15(18)2/h7-10,17,19,22H,6,11-14H2,1-5H3,(H,24,25)/t17-,19-,22+/m1/s1. The molecule has 2 aliphatic heterocycles. The van der Waals surface area contributed by atoms with E-state index in [1.165, 1.54) is 16.8 Å². The third-order valence-corrected chi connectivity index (χ3v) is 6.62. The molecule has 156 valence electrons. The van der Waals surface area contributed by atoms with Crippen molar-refractivity contribution in [3.63, 3.8) is 0 Å². The number of carbonyl (C=O) groups excluding carboxylic acids is 1. The highest BCUT2D eigenvalue weighted by molar-refractivity contribution is 5.75. The summed E-state index contributed by atoms with van der Waals surface area (Å²) in [4.78, 5) is 27.5. The molecule has 4 rings (SSSR count). The van der Waals surface area contributed by atoms with E-state index >= 15 is 0 Å². The Hall–Kier alpha value is -2.34. The van der Waals surface area contributed by atoms with Gasteiger partial charge in [0.15, 0.2) is 0 Å². The second kappa shape index (κ2) is 7.82. The number of carbonyl (C=O) groups is 1. The van der Waals surface area contributed by atoms with Crippen molar-refractivity contribution in [3.8, 4) is 0 Å². The molecule has 0 unspecified atom stereocenters. The van der Waals surface area contributed by atoms with Gasteiger partial charge >= 0.3 is 6.03 Å². The number of likely N-dealkylation sites (tertiary alicyclic amines) is 2. The number of nitrogens with one attached hydrogen (secondary N) is 1. The number of rotatable bonds is 4. The number of H-pyrrole nitrogens is 1. The zero-order chi connectivity index (χ0) is 20.7. The van der Waals surface area contributed by atoms with Gasteiger partial charge in [0.25, 0.3) is 0 Å². The average Bonchev–Trinajstić information content (AvgIpc) is 3.34. The number of imidazole rings is 1. The molecule has 6 nitrogen and oxygen atoms in total. The number of aromatic amines is 1. The number of fused-ring (bicyclic) bond motifs is 1. The van der Waals surface area contributed by atoms with Gasteiger partial charge in [0, 0.05) is 58.3 Å². The summed E-state index contributed by atoms with van der Waals surface area (Å²) in [6.07, 6.45) is 0.934. The number of benzene rings is 1. The zero-order valence-corrected chi connectivity index (χ0v) is 18.3. The van der Waals surface area contributed by atoms with Crippen LogP contribution in [0.25, 0.3) is 0 Å². The molecule has 2 aromatic rings. The first-order chi connectivity index (χ1) is 13.9.